The van der Waals surface area contributed by atoms with Crippen LogP contribution in [0.5, 0.6) is 17.2 Å². The molecular weight excluding hydrogens is 380 g/mol. The van der Waals surface area contributed by atoms with Crippen LogP contribution in [0.1, 0.15) is 28.5 Å². The number of rotatable bonds is 6. The molecule has 0 aliphatic rings. The van der Waals surface area contributed by atoms with Crippen LogP contribution in [0.3, 0.4) is 0 Å². The molecule has 2 aromatic carbocycles. The molecule has 6 nitrogen and oxygen atoms in total. The molecule has 6 heteroatoms. The van der Waals surface area contributed by atoms with Crippen LogP contribution in [-0.4, -0.2) is 36.7 Å². The Bertz CT molecular complexity index is 1250. The highest BCUT2D eigenvalue weighted by molar-refractivity contribution is 6.11. The molecule has 0 bridgehead atoms. The summed E-state index contributed by atoms with van der Waals surface area (Å²) in [5, 5.41) is 2.11. The molecular formula is C24H24N2O4. The Labute approximate surface area is 175 Å². The molecule has 0 atom stereocenters. The molecule has 0 aliphatic heterocycles. The minimum Gasteiger partial charge on any atom is -0.493 e. The summed E-state index contributed by atoms with van der Waals surface area (Å²) in [7, 11) is 4.81. The fraction of sp³-hybridized carbons (Fsp3) is 0.250. The lowest BCUT2D eigenvalue weighted by atomic mass is 10.1. The maximum atomic E-state index is 11.9. The van der Waals surface area contributed by atoms with Crippen LogP contribution in [0.15, 0.2) is 42.6 Å². The van der Waals surface area contributed by atoms with Gasteiger partial charge in [0.2, 0.25) is 5.75 Å². The summed E-state index contributed by atoms with van der Waals surface area (Å²) in [5.41, 5.74) is 4.72. The number of ether oxygens (including phenoxy) is 3. The van der Waals surface area contributed by atoms with Gasteiger partial charge in [-0.05, 0) is 55.8 Å². The first-order chi connectivity index (χ1) is 14.5. The smallest absolute Gasteiger partial charge is 0.203 e. The maximum Gasteiger partial charge on any atom is 0.203 e. The molecule has 4 aromatic rings. The quantitative estimate of drug-likeness (QED) is 0.433. The van der Waals surface area contributed by atoms with Gasteiger partial charge in [-0.1, -0.05) is 0 Å². The van der Waals surface area contributed by atoms with Crippen molar-refractivity contribution >= 4 is 27.6 Å². The first-order valence-electron chi connectivity index (χ1n) is 9.65. The van der Waals surface area contributed by atoms with Crippen molar-refractivity contribution in [3.05, 3.63) is 59.4 Å². The van der Waals surface area contributed by atoms with Crippen LogP contribution in [0.4, 0.5) is 0 Å². The highest BCUT2D eigenvalue weighted by atomic mass is 16.5. The van der Waals surface area contributed by atoms with E-state index in [0.29, 0.717) is 29.4 Å². The van der Waals surface area contributed by atoms with E-state index in [4.69, 9.17) is 14.2 Å². The molecule has 0 saturated heterocycles. The predicted octanol–water partition coefficient (Wildman–Crippen LogP) is 4.77. The number of aromatic nitrogens is 2. The number of fused-ring (bicyclic) bond motifs is 3. The van der Waals surface area contributed by atoms with Gasteiger partial charge in [0, 0.05) is 34.6 Å². The number of carbonyl (C=O) groups excluding carboxylic acids is 1. The van der Waals surface area contributed by atoms with E-state index in [1.807, 2.05) is 43.3 Å². The number of methoxy groups -OCH3 is 3. The van der Waals surface area contributed by atoms with Gasteiger partial charge in [0.15, 0.2) is 17.3 Å². The third-order valence-corrected chi connectivity index (χ3v) is 5.43. The molecule has 0 spiro atoms. The van der Waals surface area contributed by atoms with Crippen LogP contribution in [-0.2, 0) is 6.54 Å². The highest BCUT2D eigenvalue weighted by Crippen LogP contribution is 2.39. The molecule has 0 aliphatic carbocycles. The minimum atomic E-state index is 0.0493. The number of ketones is 1. The van der Waals surface area contributed by atoms with Gasteiger partial charge in [-0.2, -0.15) is 0 Å². The molecule has 30 heavy (non-hydrogen) atoms. The fourth-order valence-electron chi connectivity index (χ4n) is 4.02. The Morgan fingerprint density at radius 1 is 0.967 bits per heavy atom. The highest BCUT2D eigenvalue weighted by Gasteiger charge is 2.18. The second-order valence-electron chi connectivity index (χ2n) is 7.20. The summed E-state index contributed by atoms with van der Waals surface area (Å²) in [5.74, 6) is 1.84. The molecule has 154 valence electrons. The van der Waals surface area contributed by atoms with Crippen molar-refractivity contribution in [3.8, 4) is 17.2 Å². The monoisotopic (exact) mass is 404 g/mol. The van der Waals surface area contributed by atoms with Gasteiger partial charge in [0.05, 0.1) is 32.5 Å². The largest absolute Gasteiger partial charge is 0.493 e. The van der Waals surface area contributed by atoms with E-state index in [1.54, 1.807) is 34.4 Å². The standard InChI is InChI=1S/C24H24N2O4/c1-14-23-18(8-9-25-14)19-12-17(15(2)27)6-7-20(19)26(23)13-16-10-21(28-3)24(30-5)22(11-16)29-4/h6-12H,13H2,1-5H3. The Kier molecular flexibility index (Phi) is 5.08. The first-order valence-corrected chi connectivity index (χ1v) is 9.65. The van der Waals surface area contributed by atoms with Crippen LogP contribution in [0, 0.1) is 6.92 Å². The average molecular weight is 404 g/mol. The zero-order valence-corrected chi connectivity index (χ0v) is 17.8. The van der Waals surface area contributed by atoms with Crippen molar-refractivity contribution in [2.45, 2.75) is 20.4 Å². The predicted molar refractivity (Wildman–Crippen MR) is 117 cm³/mol. The van der Waals surface area contributed by atoms with Gasteiger partial charge in [-0.25, -0.2) is 0 Å². The summed E-state index contributed by atoms with van der Waals surface area (Å²) >= 11 is 0. The lowest BCUT2D eigenvalue weighted by Crippen LogP contribution is -2.03. The SMILES string of the molecule is COc1cc(Cn2c3ccc(C(C)=O)cc3c3ccnc(C)c32)cc(OC)c1OC. The summed E-state index contributed by atoms with van der Waals surface area (Å²) in [4.78, 5) is 16.4. The zero-order valence-electron chi connectivity index (χ0n) is 17.8. The number of pyridine rings is 1. The average Bonchev–Trinajstić information content (AvgIpc) is 3.07. The topological polar surface area (TPSA) is 62.6 Å². The summed E-state index contributed by atoms with van der Waals surface area (Å²) in [6.45, 7) is 4.17. The number of carbonyl (C=O) groups is 1. The first kappa shape index (κ1) is 19.8. The number of hydrogen-bond donors (Lipinski definition) is 0. The minimum absolute atomic E-state index is 0.0493. The number of Topliss-reactive ketones (excluding diaryl/α,β-unsaturated/α-hetero) is 1. The number of benzene rings is 2. The third-order valence-electron chi connectivity index (χ3n) is 5.43. The molecule has 0 unspecified atom stereocenters. The van der Waals surface area contributed by atoms with E-state index in [-0.39, 0.29) is 5.78 Å². The van der Waals surface area contributed by atoms with Crippen molar-refractivity contribution in [3.63, 3.8) is 0 Å². The normalized spacial score (nSPS) is 11.1. The Morgan fingerprint density at radius 2 is 1.67 bits per heavy atom. The van der Waals surface area contributed by atoms with Gasteiger partial charge < -0.3 is 18.8 Å². The second kappa shape index (κ2) is 7.71. The molecule has 0 amide bonds. The van der Waals surface area contributed by atoms with Crippen molar-refractivity contribution in [2.75, 3.05) is 21.3 Å². The van der Waals surface area contributed by atoms with Crippen molar-refractivity contribution in [2.24, 2.45) is 0 Å². The maximum absolute atomic E-state index is 11.9. The second-order valence-corrected chi connectivity index (χ2v) is 7.20. The molecule has 0 N–H and O–H groups in total. The molecule has 0 radical (unpaired) electrons. The van der Waals surface area contributed by atoms with Gasteiger partial charge in [-0.3, -0.25) is 9.78 Å². The zero-order chi connectivity index (χ0) is 21.4. The Morgan fingerprint density at radius 3 is 2.27 bits per heavy atom. The summed E-state index contributed by atoms with van der Waals surface area (Å²) in [6.07, 6.45) is 1.81. The van der Waals surface area contributed by atoms with Crippen LogP contribution in [0.25, 0.3) is 21.8 Å². The van der Waals surface area contributed by atoms with Crippen molar-refractivity contribution in [1.29, 1.82) is 0 Å². The van der Waals surface area contributed by atoms with Crippen LogP contribution < -0.4 is 14.2 Å². The summed E-state index contributed by atoms with van der Waals surface area (Å²) < 4.78 is 18.7. The van der Waals surface area contributed by atoms with E-state index >= 15 is 0 Å². The summed E-state index contributed by atoms with van der Waals surface area (Å²) in [6, 6.07) is 11.7. The van der Waals surface area contributed by atoms with E-state index < -0.39 is 0 Å². The van der Waals surface area contributed by atoms with Crippen molar-refractivity contribution in [1.82, 2.24) is 9.55 Å². The fourth-order valence-corrected chi connectivity index (χ4v) is 4.02. The molecule has 0 fully saturated rings. The van der Waals surface area contributed by atoms with Crippen LogP contribution >= 0.6 is 0 Å². The van der Waals surface area contributed by atoms with E-state index in [0.717, 1.165) is 33.1 Å². The number of hydrogen-bond acceptors (Lipinski definition) is 5. The van der Waals surface area contributed by atoms with Gasteiger partial charge in [0.25, 0.3) is 0 Å². The number of nitrogens with zero attached hydrogens (tertiary/aromatic N) is 2. The van der Waals surface area contributed by atoms with Crippen molar-refractivity contribution < 1.29 is 19.0 Å². The Hall–Kier alpha value is -3.54. The van der Waals surface area contributed by atoms with E-state index in [2.05, 4.69) is 9.55 Å². The lowest BCUT2D eigenvalue weighted by molar-refractivity contribution is 0.101. The third kappa shape index (κ3) is 3.14. The Balaban J connectivity index is 1.96. The van der Waals surface area contributed by atoms with E-state index in [1.165, 1.54) is 0 Å². The number of aryl methyl sites for hydroxylation is 1. The van der Waals surface area contributed by atoms with Gasteiger partial charge in [-0.15, -0.1) is 0 Å². The van der Waals surface area contributed by atoms with Crippen LogP contribution in [0.2, 0.25) is 0 Å². The lowest BCUT2D eigenvalue weighted by Gasteiger charge is -2.15. The molecule has 0 saturated carbocycles. The molecule has 2 aromatic heterocycles. The molecule has 2 heterocycles. The van der Waals surface area contributed by atoms with Gasteiger partial charge >= 0.3 is 0 Å². The van der Waals surface area contributed by atoms with E-state index in [9.17, 15) is 4.79 Å². The van der Waals surface area contributed by atoms with Gasteiger partial charge in [0.1, 0.15) is 0 Å². The molecule has 4 rings (SSSR count).